The Morgan fingerprint density at radius 2 is 2.30 bits per heavy atom. The fourth-order valence-electron chi connectivity index (χ4n) is 1.96. The van der Waals surface area contributed by atoms with Gasteiger partial charge < -0.3 is 19.6 Å². The molecule has 0 unspecified atom stereocenters. The van der Waals surface area contributed by atoms with Crippen LogP contribution in [-0.4, -0.2) is 40.8 Å². The number of ether oxygens (including phenoxy) is 1. The standard InChI is InChI=1S/C13H17N3O4/c1-3-19-6-4-5-14-11-10-9(13(17)18)8(2)20-12(10)16-7-15-11/h7H,3-6H2,1-2H3,(H,17,18)(H,14,15,16). The van der Waals surface area contributed by atoms with Crippen LogP contribution in [0.5, 0.6) is 0 Å². The SMILES string of the molecule is CCOCCCNc1ncnc2oc(C)c(C(=O)O)c12. The fourth-order valence-corrected chi connectivity index (χ4v) is 1.96. The van der Waals surface area contributed by atoms with Gasteiger partial charge in [0.1, 0.15) is 23.5 Å². The van der Waals surface area contributed by atoms with E-state index in [-0.39, 0.29) is 11.3 Å². The van der Waals surface area contributed by atoms with Crippen molar-refractivity contribution in [3.05, 3.63) is 17.7 Å². The van der Waals surface area contributed by atoms with Gasteiger partial charge in [-0.2, -0.15) is 0 Å². The Kier molecular flexibility index (Phi) is 4.52. The lowest BCUT2D eigenvalue weighted by atomic mass is 10.2. The highest BCUT2D eigenvalue weighted by Gasteiger charge is 2.21. The van der Waals surface area contributed by atoms with Gasteiger partial charge in [0, 0.05) is 19.8 Å². The lowest BCUT2D eigenvalue weighted by Crippen LogP contribution is -2.08. The number of aromatic nitrogens is 2. The van der Waals surface area contributed by atoms with Crippen LogP contribution >= 0.6 is 0 Å². The van der Waals surface area contributed by atoms with Gasteiger partial charge in [-0.15, -0.1) is 0 Å². The van der Waals surface area contributed by atoms with Crippen molar-refractivity contribution in [3.63, 3.8) is 0 Å². The number of nitrogens with one attached hydrogen (secondary N) is 1. The number of aromatic carboxylic acids is 1. The molecule has 0 saturated heterocycles. The molecular weight excluding hydrogens is 262 g/mol. The second-order valence-electron chi connectivity index (χ2n) is 4.22. The molecule has 2 aromatic rings. The third kappa shape index (κ3) is 2.88. The summed E-state index contributed by atoms with van der Waals surface area (Å²) in [5.74, 6) is -0.250. The van der Waals surface area contributed by atoms with Crippen molar-refractivity contribution >= 4 is 22.9 Å². The Hall–Kier alpha value is -2.15. The van der Waals surface area contributed by atoms with Gasteiger partial charge >= 0.3 is 5.97 Å². The van der Waals surface area contributed by atoms with Crippen LogP contribution in [0.2, 0.25) is 0 Å². The zero-order valence-electron chi connectivity index (χ0n) is 11.5. The highest BCUT2D eigenvalue weighted by molar-refractivity contribution is 6.06. The topological polar surface area (TPSA) is 97.5 Å². The van der Waals surface area contributed by atoms with Gasteiger partial charge in [-0.05, 0) is 20.3 Å². The van der Waals surface area contributed by atoms with Gasteiger partial charge in [0.25, 0.3) is 0 Å². The van der Waals surface area contributed by atoms with E-state index in [0.717, 1.165) is 6.42 Å². The summed E-state index contributed by atoms with van der Waals surface area (Å²) in [4.78, 5) is 19.4. The molecule has 0 fully saturated rings. The van der Waals surface area contributed by atoms with E-state index in [0.29, 0.717) is 36.7 Å². The summed E-state index contributed by atoms with van der Waals surface area (Å²) in [7, 11) is 0. The van der Waals surface area contributed by atoms with Crippen molar-refractivity contribution in [2.45, 2.75) is 20.3 Å². The van der Waals surface area contributed by atoms with Crippen LogP contribution in [0.4, 0.5) is 5.82 Å². The second kappa shape index (κ2) is 6.33. The summed E-state index contributed by atoms with van der Waals surface area (Å²) in [5, 5.41) is 12.8. The minimum atomic E-state index is -1.05. The molecule has 0 atom stereocenters. The summed E-state index contributed by atoms with van der Waals surface area (Å²) < 4.78 is 10.6. The van der Waals surface area contributed by atoms with Gasteiger partial charge in [0.15, 0.2) is 0 Å². The highest BCUT2D eigenvalue weighted by atomic mass is 16.5. The van der Waals surface area contributed by atoms with E-state index in [1.165, 1.54) is 6.33 Å². The van der Waals surface area contributed by atoms with Crippen LogP contribution in [0.3, 0.4) is 0 Å². The number of carboxylic acid groups (broad SMARTS) is 1. The van der Waals surface area contributed by atoms with E-state index in [4.69, 9.17) is 9.15 Å². The number of fused-ring (bicyclic) bond motifs is 1. The first-order valence-corrected chi connectivity index (χ1v) is 6.44. The molecule has 2 rings (SSSR count). The molecule has 0 radical (unpaired) electrons. The molecule has 0 bridgehead atoms. The molecule has 2 aromatic heterocycles. The van der Waals surface area contributed by atoms with Crippen LogP contribution in [0.25, 0.3) is 11.1 Å². The molecule has 0 aromatic carbocycles. The van der Waals surface area contributed by atoms with Crippen molar-refractivity contribution < 1.29 is 19.1 Å². The number of rotatable bonds is 7. The van der Waals surface area contributed by atoms with Crippen LogP contribution in [0, 0.1) is 6.92 Å². The predicted molar refractivity (Wildman–Crippen MR) is 73.1 cm³/mol. The third-order valence-corrected chi connectivity index (χ3v) is 2.84. The average molecular weight is 279 g/mol. The minimum absolute atomic E-state index is 0.105. The van der Waals surface area contributed by atoms with E-state index in [1.54, 1.807) is 6.92 Å². The summed E-state index contributed by atoms with van der Waals surface area (Å²) in [6.45, 7) is 5.50. The Labute approximate surface area is 116 Å². The molecule has 0 aliphatic rings. The monoisotopic (exact) mass is 279 g/mol. The van der Waals surface area contributed by atoms with Crippen molar-refractivity contribution in [1.29, 1.82) is 0 Å². The molecule has 7 heteroatoms. The van der Waals surface area contributed by atoms with Gasteiger partial charge in [0.2, 0.25) is 5.71 Å². The van der Waals surface area contributed by atoms with Gasteiger partial charge in [-0.25, -0.2) is 14.8 Å². The molecule has 0 saturated carbocycles. The molecule has 108 valence electrons. The minimum Gasteiger partial charge on any atom is -0.478 e. The Bertz CT molecular complexity index is 609. The first-order valence-electron chi connectivity index (χ1n) is 6.44. The third-order valence-electron chi connectivity index (χ3n) is 2.84. The smallest absolute Gasteiger partial charge is 0.340 e. The molecule has 0 aliphatic carbocycles. The zero-order valence-corrected chi connectivity index (χ0v) is 11.5. The first-order chi connectivity index (χ1) is 9.65. The summed E-state index contributed by atoms with van der Waals surface area (Å²) in [6.07, 6.45) is 2.15. The first kappa shape index (κ1) is 14.3. The zero-order chi connectivity index (χ0) is 14.5. The fraction of sp³-hybridized carbons (Fsp3) is 0.462. The normalized spacial score (nSPS) is 10.9. The van der Waals surface area contributed by atoms with Crippen molar-refractivity contribution in [3.8, 4) is 0 Å². The number of carbonyl (C=O) groups is 1. The van der Waals surface area contributed by atoms with Gasteiger partial charge in [-0.1, -0.05) is 0 Å². The molecule has 0 amide bonds. The molecule has 2 N–H and O–H groups in total. The quantitative estimate of drug-likeness (QED) is 0.748. The maximum absolute atomic E-state index is 11.3. The number of nitrogens with zero attached hydrogens (tertiary/aromatic N) is 2. The van der Waals surface area contributed by atoms with Crippen molar-refractivity contribution in [2.24, 2.45) is 0 Å². The van der Waals surface area contributed by atoms with Crippen LogP contribution in [0.15, 0.2) is 10.7 Å². The largest absolute Gasteiger partial charge is 0.478 e. The Morgan fingerprint density at radius 1 is 1.50 bits per heavy atom. The number of carboxylic acids is 1. The predicted octanol–water partition coefficient (Wildman–Crippen LogP) is 2.07. The molecule has 2 heterocycles. The summed E-state index contributed by atoms with van der Waals surface area (Å²) in [6, 6.07) is 0. The molecule has 20 heavy (non-hydrogen) atoms. The average Bonchev–Trinajstić information content (AvgIpc) is 2.75. The van der Waals surface area contributed by atoms with E-state index >= 15 is 0 Å². The van der Waals surface area contributed by atoms with E-state index in [2.05, 4.69) is 15.3 Å². The molecule has 7 nitrogen and oxygen atoms in total. The van der Waals surface area contributed by atoms with Gasteiger partial charge in [-0.3, -0.25) is 0 Å². The maximum atomic E-state index is 11.3. The summed E-state index contributed by atoms with van der Waals surface area (Å²) >= 11 is 0. The van der Waals surface area contributed by atoms with Crippen LogP contribution < -0.4 is 5.32 Å². The number of furan rings is 1. The van der Waals surface area contributed by atoms with Crippen molar-refractivity contribution in [1.82, 2.24) is 9.97 Å². The highest BCUT2D eigenvalue weighted by Crippen LogP contribution is 2.28. The van der Waals surface area contributed by atoms with Gasteiger partial charge in [0.05, 0.1) is 5.39 Å². The maximum Gasteiger partial charge on any atom is 0.340 e. The summed E-state index contributed by atoms with van der Waals surface area (Å²) in [5.41, 5.74) is 0.384. The Morgan fingerprint density at radius 3 is 3.00 bits per heavy atom. The second-order valence-corrected chi connectivity index (χ2v) is 4.22. The van der Waals surface area contributed by atoms with Crippen LogP contribution in [0.1, 0.15) is 29.5 Å². The van der Waals surface area contributed by atoms with E-state index in [1.807, 2.05) is 6.92 Å². The molecular formula is C13H17N3O4. The van der Waals surface area contributed by atoms with Crippen LogP contribution in [-0.2, 0) is 4.74 Å². The number of aryl methyl sites for hydroxylation is 1. The number of hydrogen-bond acceptors (Lipinski definition) is 6. The van der Waals surface area contributed by atoms with E-state index < -0.39 is 5.97 Å². The lowest BCUT2D eigenvalue weighted by Gasteiger charge is -2.06. The van der Waals surface area contributed by atoms with Crippen molar-refractivity contribution in [2.75, 3.05) is 25.1 Å². The molecule has 0 spiro atoms. The molecule has 0 aliphatic heterocycles. The Balaban J connectivity index is 2.22. The number of hydrogen-bond donors (Lipinski definition) is 2. The number of anilines is 1. The lowest BCUT2D eigenvalue weighted by molar-refractivity contribution is 0.0697. The van der Waals surface area contributed by atoms with E-state index in [9.17, 15) is 9.90 Å².